The Morgan fingerprint density at radius 2 is 1.79 bits per heavy atom. The molecular formula is C26H33IN4O3. The summed E-state index contributed by atoms with van der Waals surface area (Å²) in [6.07, 6.45) is 1.80. The van der Waals surface area contributed by atoms with Crippen LogP contribution in [0.1, 0.15) is 37.8 Å². The number of benzene rings is 2. The summed E-state index contributed by atoms with van der Waals surface area (Å²) in [5, 5.41) is 6.47. The normalized spacial score (nSPS) is 17.7. The number of rotatable bonds is 8. The molecule has 2 aromatic rings. The minimum atomic E-state index is -0.802. The molecule has 0 bridgehead atoms. The van der Waals surface area contributed by atoms with Crippen LogP contribution in [0.4, 0.5) is 5.69 Å². The second-order valence-corrected chi connectivity index (χ2v) is 10.3. The number of halogens is 1. The van der Waals surface area contributed by atoms with Gasteiger partial charge in [0.2, 0.25) is 11.8 Å². The topological polar surface area (TPSA) is 82.7 Å². The van der Waals surface area contributed by atoms with Gasteiger partial charge in [0, 0.05) is 53.6 Å². The van der Waals surface area contributed by atoms with Gasteiger partial charge < -0.3 is 20.3 Å². The minimum Gasteiger partial charge on any atom is -0.384 e. The maximum atomic E-state index is 13.5. The molecule has 34 heavy (non-hydrogen) atoms. The van der Waals surface area contributed by atoms with E-state index in [9.17, 15) is 9.59 Å². The first kappa shape index (κ1) is 24.9. The Morgan fingerprint density at radius 3 is 2.50 bits per heavy atom. The average Bonchev–Trinajstić information content (AvgIpc) is 3.22. The number of hydrogen-bond donors (Lipinski definition) is 3. The van der Waals surface area contributed by atoms with Crippen LogP contribution in [-0.4, -0.2) is 54.5 Å². The lowest BCUT2D eigenvalue weighted by Gasteiger charge is -2.40. The van der Waals surface area contributed by atoms with Crippen molar-refractivity contribution in [1.29, 1.82) is 0 Å². The molecule has 1 spiro atoms. The number of likely N-dealkylation sites (tertiary alicyclic amines) is 1. The molecule has 7 nitrogen and oxygen atoms in total. The lowest BCUT2D eigenvalue weighted by Crippen LogP contribution is -2.59. The van der Waals surface area contributed by atoms with E-state index < -0.39 is 11.6 Å². The molecule has 2 amide bonds. The number of piperidine rings is 1. The summed E-state index contributed by atoms with van der Waals surface area (Å²) in [4.78, 5) is 28.3. The van der Waals surface area contributed by atoms with Crippen molar-refractivity contribution in [3.05, 3.63) is 65.7 Å². The number of hydrogen-bond acceptors (Lipinski definition) is 5. The molecule has 0 saturated carbocycles. The fourth-order valence-corrected chi connectivity index (χ4v) is 4.95. The van der Waals surface area contributed by atoms with Crippen LogP contribution in [0, 0.1) is 0 Å². The Morgan fingerprint density at radius 1 is 1.12 bits per heavy atom. The number of carbonyl (C=O) groups is 2. The van der Waals surface area contributed by atoms with E-state index in [0.29, 0.717) is 19.7 Å². The van der Waals surface area contributed by atoms with Crippen LogP contribution in [0.15, 0.2) is 54.6 Å². The lowest BCUT2D eigenvalue weighted by atomic mass is 9.74. The van der Waals surface area contributed by atoms with Crippen LogP contribution >= 0.6 is 22.9 Å². The lowest BCUT2D eigenvalue weighted by molar-refractivity contribution is -0.140. The standard InChI is InChI=1S/C26H33IN4O3/c1-25(2,30-27)24(33)29-22(17-34-16-19-8-4-3-5-9-19)23(32)31-14-12-26(13-15-31)18-28-21-11-7-6-10-20(21)26/h3-11,22,28,30H,12-18H2,1-2H3,(H,29,33)/t22-/m1/s1. The first-order chi connectivity index (χ1) is 16.3. The van der Waals surface area contributed by atoms with Gasteiger partial charge in [-0.2, -0.15) is 0 Å². The second kappa shape index (κ2) is 10.6. The van der Waals surface area contributed by atoms with Crippen LogP contribution in [0.25, 0.3) is 0 Å². The largest absolute Gasteiger partial charge is 0.384 e. The summed E-state index contributed by atoms with van der Waals surface area (Å²) in [6, 6.07) is 17.6. The predicted molar refractivity (Wildman–Crippen MR) is 142 cm³/mol. The van der Waals surface area contributed by atoms with Gasteiger partial charge >= 0.3 is 0 Å². The molecule has 2 aromatic carbocycles. The Kier molecular flexibility index (Phi) is 7.79. The molecular weight excluding hydrogens is 543 g/mol. The fraction of sp³-hybridized carbons (Fsp3) is 0.462. The van der Waals surface area contributed by atoms with Crippen LogP contribution in [-0.2, 0) is 26.3 Å². The van der Waals surface area contributed by atoms with E-state index in [4.69, 9.17) is 4.74 Å². The van der Waals surface area contributed by atoms with Crippen molar-refractivity contribution >= 4 is 40.4 Å². The molecule has 8 heteroatoms. The Balaban J connectivity index is 1.41. The van der Waals surface area contributed by atoms with Crippen molar-refractivity contribution in [2.75, 3.05) is 31.6 Å². The number of fused-ring (bicyclic) bond motifs is 2. The van der Waals surface area contributed by atoms with Crippen molar-refractivity contribution < 1.29 is 14.3 Å². The molecule has 0 unspecified atom stereocenters. The first-order valence-electron chi connectivity index (χ1n) is 11.8. The Bertz CT molecular complexity index is 1010. The smallest absolute Gasteiger partial charge is 0.247 e. The van der Waals surface area contributed by atoms with E-state index in [1.54, 1.807) is 13.8 Å². The summed E-state index contributed by atoms with van der Waals surface area (Å²) in [5.74, 6) is -0.314. The van der Waals surface area contributed by atoms with Gasteiger partial charge in [-0.25, -0.2) is 3.53 Å². The summed E-state index contributed by atoms with van der Waals surface area (Å²) in [5.41, 5.74) is 2.86. The highest BCUT2D eigenvalue weighted by Gasteiger charge is 2.43. The number of ether oxygens (including phenoxy) is 1. The molecule has 0 aliphatic carbocycles. The van der Waals surface area contributed by atoms with Crippen LogP contribution < -0.4 is 14.2 Å². The SMILES string of the molecule is CC(C)(NI)C(=O)N[C@H](COCc1ccccc1)C(=O)N1CCC2(CC1)CNc1ccccc12. The molecule has 1 fully saturated rings. The van der Waals surface area contributed by atoms with Crippen molar-refractivity contribution in [3.63, 3.8) is 0 Å². The Hall–Kier alpha value is -2.17. The van der Waals surface area contributed by atoms with Gasteiger partial charge in [-0.1, -0.05) is 48.5 Å². The van der Waals surface area contributed by atoms with Gasteiger partial charge in [-0.05, 0) is 43.9 Å². The summed E-state index contributed by atoms with van der Waals surface area (Å²) in [7, 11) is 0. The van der Waals surface area contributed by atoms with E-state index in [2.05, 4.69) is 38.4 Å². The van der Waals surface area contributed by atoms with Gasteiger partial charge in [-0.15, -0.1) is 0 Å². The van der Waals surface area contributed by atoms with Crippen LogP contribution in [0.2, 0.25) is 0 Å². The number of carbonyl (C=O) groups excluding carboxylic acids is 2. The number of anilines is 1. The summed E-state index contributed by atoms with van der Waals surface area (Å²) in [6.45, 7) is 6.32. The third-order valence-electron chi connectivity index (χ3n) is 6.95. The first-order valence-corrected chi connectivity index (χ1v) is 12.9. The summed E-state index contributed by atoms with van der Waals surface area (Å²) < 4.78 is 8.86. The maximum absolute atomic E-state index is 13.5. The molecule has 2 heterocycles. The minimum absolute atomic E-state index is 0.0725. The summed E-state index contributed by atoms with van der Waals surface area (Å²) >= 11 is 1.96. The monoisotopic (exact) mass is 576 g/mol. The number of para-hydroxylation sites is 1. The molecule has 3 N–H and O–H groups in total. The van der Waals surface area contributed by atoms with E-state index in [1.807, 2.05) is 58.1 Å². The fourth-order valence-electron chi connectivity index (χ4n) is 4.71. The van der Waals surface area contributed by atoms with Gasteiger partial charge in [0.05, 0.1) is 13.2 Å². The van der Waals surface area contributed by atoms with Gasteiger partial charge in [0.1, 0.15) is 11.6 Å². The van der Waals surface area contributed by atoms with E-state index in [0.717, 1.165) is 24.9 Å². The van der Waals surface area contributed by atoms with Gasteiger partial charge in [0.25, 0.3) is 0 Å². The van der Waals surface area contributed by atoms with Crippen LogP contribution in [0.5, 0.6) is 0 Å². The highest BCUT2D eigenvalue weighted by atomic mass is 127. The quantitative estimate of drug-likeness (QED) is 0.332. The zero-order chi connectivity index (χ0) is 24.2. The molecule has 182 valence electrons. The highest BCUT2D eigenvalue weighted by Crippen LogP contribution is 2.43. The molecule has 0 radical (unpaired) electrons. The highest BCUT2D eigenvalue weighted by molar-refractivity contribution is 14.1. The zero-order valence-corrected chi connectivity index (χ0v) is 21.9. The van der Waals surface area contributed by atoms with E-state index in [-0.39, 0.29) is 23.8 Å². The molecule has 2 aliphatic heterocycles. The van der Waals surface area contributed by atoms with Crippen molar-refractivity contribution in [1.82, 2.24) is 13.7 Å². The van der Waals surface area contributed by atoms with Gasteiger partial charge in [-0.3, -0.25) is 9.59 Å². The van der Waals surface area contributed by atoms with Crippen LogP contribution in [0.3, 0.4) is 0 Å². The molecule has 2 aliphatic rings. The average molecular weight is 576 g/mol. The number of nitrogens with one attached hydrogen (secondary N) is 3. The second-order valence-electron chi connectivity index (χ2n) is 9.75. The van der Waals surface area contributed by atoms with Crippen molar-refractivity contribution in [3.8, 4) is 0 Å². The molecule has 0 aromatic heterocycles. The number of nitrogens with zero attached hydrogens (tertiary/aromatic N) is 1. The molecule has 1 saturated heterocycles. The third kappa shape index (κ3) is 5.39. The van der Waals surface area contributed by atoms with E-state index in [1.165, 1.54) is 11.3 Å². The van der Waals surface area contributed by atoms with Crippen molar-refractivity contribution in [2.45, 2.75) is 50.3 Å². The van der Waals surface area contributed by atoms with Crippen molar-refractivity contribution in [2.24, 2.45) is 0 Å². The molecule has 4 rings (SSSR count). The Labute approximate surface area is 215 Å². The maximum Gasteiger partial charge on any atom is 0.247 e. The van der Waals surface area contributed by atoms with Gasteiger partial charge in [0.15, 0.2) is 0 Å². The zero-order valence-electron chi connectivity index (χ0n) is 19.8. The molecule has 1 atom stereocenters. The predicted octanol–water partition coefficient (Wildman–Crippen LogP) is 3.39. The van der Waals surface area contributed by atoms with E-state index >= 15 is 0 Å². The third-order valence-corrected chi connectivity index (χ3v) is 8.30. The number of amides is 2.